The van der Waals surface area contributed by atoms with E-state index in [1.54, 1.807) is 0 Å². The number of hydrogen-bond donors (Lipinski definition) is 2. The molecule has 0 atom stereocenters. The van der Waals surface area contributed by atoms with E-state index in [0.717, 1.165) is 21.3 Å². The lowest BCUT2D eigenvalue weighted by Gasteiger charge is -2.10. The van der Waals surface area contributed by atoms with Gasteiger partial charge in [0.1, 0.15) is 5.56 Å². The summed E-state index contributed by atoms with van der Waals surface area (Å²) in [6.45, 7) is 2.56. The highest BCUT2D eigenvalue weighted by Gasteiger charge is 2.16. The quantitative estimate of drug-likeness (QED) is 0.766. The van der Waals surface area contributed by atoms with Gasteiger partial charge in [0.15, 0.2) is 0 Å². The highest BCUT2D eigenvalue weighted by molar-refractivity contribution is 7.18. The number of hydrogen-bond acceptors (Lipinski definition) is 4. The summed E-state index contributed by atoms with van der Waals surface area (Å²) in [7, 11) is 0. The molecule has 1 aromatic carbocycles. The number of benzene rings is 1. The second-order valence-corrected chi connectivity index (χ2v) is 5.67. The summed E-state index contributed by atoms with van der Waals surface area (Å²) < 4.78 is 0.892. The molecule has 0 unspecified atom stereocenters. The maximum Gasteiger partial charge on any atom is 0.339 e. The van der Waals surface area contributed by atoms with Crippen LogP contribution in [0.2, 0.25) is 0 Å². The Labute approximate surface area is 126 Å². The molecule has 0 aliphatic heterocycles. The molecule has 0 spiro atoms. The van der Waals surface area contributed by atoms with Crippen LogP contribution in [0.3, 0.4) is 0 Å². The molecule has 0 radical (unpaired) electrons. The third-order valence-electron chi connectivity index (χ3n) is 3.30. The molecular weight excluding hydrogens is 284 g/mol. The number of fused-ring (bicyclic) bond motifs is 1. The van der Waals surface area contributed by atoms with Crippen molar-refractivity contribution in [2.24, 2.45) is 0 Å². The fourth-order valence-corrected chi connectivity index (χ4v) is 3.25. The molecule has 2 aromatic heterocycles. The van der Waals surface area contributed by atoms with Crippen molar-refractivity contribution in [3.05, 3.63) is 58.6 Å². The minimum atomic E-state index is -0.967. The number of carboxylic acid groups (broad SMARTS) is 1. The first-order valence-corrected chi connectivity index (χ1v) is 7.42. The van der Waals surface area contributed by atoms with Crippen molar-refractivity contribution in [1.29, 1.82) is 0 Å². The van der Waals surface area contributed by atoms with E-state index in [1.807, 2.05) is 42.6 Å². The van der Waals surface area contributed by atoms with Crippen LogP contribution in [0.15, 0.2) is 41.9 Å². The van der Waals surface area contributed by atoms with Gasteiger partial charge in [-0.3, -0.25) is 4.98 Å². The van der Waals surface area contributed by atoms with Crippen molar-refractivity contribution in [2.75, 3.05) is 5.32 Å². The summed E-state index contributed by atoms with van der Waals surface area (Å²) in [6.07, 6.45) is 1.43. The molecule has 0 bridgehead atoms. The third-order valence-corrected chi connectivity index (χ3v) is 4.41. The first kappa shape index (κ1) is 13.6. The van der Waals surface area contributed by atoms with Gasteiger partial charge in [-0.2, -0.15) is 0 Å². The summed E-state index contributed by atoms with van der Waals surface area (Å²) >= 11 is 1.52. The van der Waals surface area contributed by atoms with Gasteiger partial charge in [0.25, 0.3) is 0 Å². The zero-order valence-electron chi connectivity index (χ0n) is 11.5. The van der Waals surface area contributed by atoms with Crippen molar-refractivity contribution < 1.29 is 9.90 Å². The lowest BCUT2D eigenvalue weighted by Crippen LogP contribution is -2.07. The van der Waals surface area contributed by atoms with Gasteiger partial charge in [-0.05, 0) is 23.4 Å². The van der Waals surface area contributed by atoms with Crippen molar-refractivity contribution >= 4 is 33.2 Å². The third kappa shape index (κ3) is 2.60. The first-order chi connectivity index (χ1) is 10.2. The second-order valence-electron chi connectivity index (χ2n) is 4.79. The molecule has 5 heteroatoms. The number of thiophene rings is 1. The Morgan fingerprint density at radius 3 is 2.81 bits per heavy atom. The number of rotatable bonds is 4. The fraction of sp³-hybridized carbons (Fsp3) is 0.125. The summed E-state index contributed by atoms with van der Waals surface area (Å²) in [5.41, 5.74) is 3.89. The zero-order valence-corrected chi connectivity index (χ0v) is 12.3. The number of carboxylic acids is 1. The molecule has 0 fully saturated rings. The lowest BCUT2D eigenvalue weighted by molar-refractivity contribution is 0.0697. The van der Waals surface area contributed by atoms with Crippen molar-refractivity contribution in [1.82, 2.24) is 4.98 Å². The smallest absolute Gasteiger partial charge is 0.339 e. The number of pyridine rings is 1. The molecule has 0 aliphatic rings. The SMILES string of the molecule is Cc1csc2c(NCc3ccccc3)c(C(=O)O)cnc12. The predicted molar refractivity (Wildman–Crippen MR) is 85.1 cm³/mol. The number of aromatic nitrogens is 1. The number of carbonyl (C=O) groups is 1. The first-order valence-electron chi connectivity index (χ1n) is 6.54. The summed E-state index contributed by atoms with van der Waals surface area (Å²) in [5, 5.41) is 14.6. The number of nitrogens with one attached hydrogen (secondary N) is 1. The topological polar surface area (TPSA) is 62.2 Å². The van der Waals surface area contributed by atoms with Gasteiger partial charge in [-0.15, -0.1) is 11.3 Å². The van der Waals surface area contributed by atoms with Gasteiger partial charge in [0, 0.05) is 12.7 Å². The fourth-order valence-electron chi connectivity index (χ4n) is 2.22. The van der Waals surface area contributed by atoms with E-state index in [1.165, 1.54) is 17.5 Å². The number of aromatic carboxylic acids is 1. The van der Waals surface area contributed by atoms with Gasteiger partial charge < -0.3 is 10.4 Å². The highest BCUT2D eigenvalue weighted by atomic mass is 32.1. The molecule has 106 valence electrons. The zero-order chi connectivity index (χ0) is 14.8. The monoisotopic (exact) mass is 298 g/mol. The highest BCUT2D eigenvalue weighted by Crippen LogP contribution is 2.33. The van der Waals surface area contributed by atoms with Crippen molar-refractivity contribution in [3.63, 3.8) is 0 Å². The molecule has 2 N–H and O–H groups in total. The molecule has 4 nitrogen and oxygen atoms in total. The Morgan fingerprint density at radius 2 is 2.10 bits per heavy atom. The summed E-state index contributed by atoms with van der Waals surface area (Å²) in [6, 6.07) is 9.90. The average molecular weight is 298 g/mol. The van der Waals surface area contributed by atoms with Crippen LogP contribution in [0.25, 0.3) is 10.2 Å². The molecule has 3 aromatic rings. The molecule has 0 saturated heterocycles. The minimum absolute atomic E-state index is 0.209. The number of nitrogens with zero attached hydrogens (tertiary/aromatic N) is 1. The van der Waals surface area contributed by atoms with Crippen molar-refractivity contribution in [3.8, 4) is 0 Å². The Kier molecular flexibility index (Phi) is 3.58. The number of aryl methyl sites for hydroxylation is 1. The van der Waals surface area contributed by atoms with E-state index < -0.39 is 5.97 Å². The van der Waals surface area contributed by atoms with E-state index in [-0.39, 0.29) is 5.56 Å². The predicted octanol–water partition coefficient (Wildman–Crippen LogP) is 3.92. The lowest BCUT2D eigenvalue weighted by atomic mass is 10.1. The van der Waals surface area contributed by atoms with Gasteiger partial charge in [0.05, 0.1) is 15.9 Å². The van der Waals surface area contributed by atoms with Crippen molar-refractivity contribution in [2.45, 2.75) is 13.5 Å². The molecular formula is C16H14N2O2S. The minimum Gasteiger partial charge on any atom is -0.478 e. The van der Waals surface area contributed by atoms with Crippen LogP contribution >= 0.6 is 11.3 Å². The Morgan fingerprint density at radius 1 is 1.33 bits per heavy atom. The number of anilines is 1. The van der Waals surface area contributed by atoms with Crippen LogP contribution < -0.4 is 5.32 Å². The molecule has 0 saturated carbocycles. The van der Waals surface area contributed by atoms with E-state index in [9.17, 15) is 9.90 Å². The maximum atomic E-state index is 11.4. The van der Waals surface area contributed by atoms with Crippen LogP contribution in [-0.2, 0) is 6.54 Å². The standard InChI is InChI=1S/C16H14N2O2S/c1-10-9-21-15-13(10)18-8-12(16(19)20)14(15)17-7-11-5-3-2-4-6-11/h2-6,8-9H,7H2,1H3,(H,17,18)(H,19,20). The summed E-state index contributed by atoms with van der Waals surface area (Å²) in [5.74, 6) is -0.967. The molecule has 21 heavy (non-hydrogen) atoms. The molecule has 0 aliphatic carbocycles. The molecule has 2 heterocycles. The second kappa shape index (κ2) is 5.54. The van der Waals surface area contributed by atoms with Gasteiger partial charge in [0.2, 0.25) is 0 Å². The molecule has 0 amide bonds. The van der Waals surface area contributed by atoms with E-state index in [4.69, 9.17) is 0 Å². The van der Waals surface area contributed by atoms with E-state index in [0.29, 0.717) is 12.2 Å². The van der Waals surface area contributed by atoms with Crippen LogP contribution in [0, 0.1) is 6.92 Å². The Bertz CT molecular complexity index is 797. The van der Waals surface area contributed by atoms with E-state index >= 15 is 0 Å². The maximum absolute atomic E-state index is 11.4. The van der Waals surface area contributed by atoms with Crippen LogP contribution in [0.5, 0.6) is 0 Å². The molecule has 3 rings (SSSR count). The van der Waals surface area contributed by atoms with Gasteiger partial charge in [-0.1, -0.05) is 30.3 Å². The normalized spacial score (nSPS) is 10.7. The Hall–Kier alpha value is -2.40. The van der Waals surface area contributed by atoms with Crippen LogP contribution in [0.4, 0.5) is 5.69 Å². The van der Waals surface area contributed by atoms with Gasteiger partial charge in [-0.25, -0.2) is 4.79 Å². The summed E-state index contributed by atoms with van der Waals surface area (Å²) in [4.78, 5) is 15.7. The van der Waals surface area contributed by atoms with E-state index in [2.05, 4.69) is 10.3 Å². The van der Waals surface area contributed by atoms with Gasteiger partial charge >= 0.3 is 5.97 Å². The van der Waals surface area contributed by atoms with Crippen LogP contribution in [0.1, 0.15) is 21.5 Å². The van der Waals surface area contributed by atoms with Crippen LogP contribution in [-0.4, -0.2) is 16.1 Å². The average Bonchev–Trinajstić information content (AvgIpc) is 2.87. The largest absolute Gasteiger partial charge is 0.478 e. The Balaban J connectivity index is 2.02.